The van der Waals surface area contributed by atoms with Crippen molar-refractivity contribution in [3.05, 3.63) is 28.5 Å². The van der Waals surface area contributed by atoms with Gasteiger partial charge in [0.1, 0.15) is 16.1 Å². The number of carbonyl (C=O) groups is 1. The summed E-state index contributed by atoms with van der Waals surface area (Å²) in [7, 11) is 3.48. The molecule has 2 heterocycles. The van der Waals surface area contributed by atoms with Crippen molar-refractivity contribution in [1.29, 1.82) is 0 Å². The van der Waals surface area contributed by atoms with Gasteiger partial charge in [-0.2, -0.15) is 0 Å². The molecule has 0 fully saturated rings. The third-order valence-electron chi connectivity index (χ3n) is 3.40. The summed E-state index contributed by atoms with van der Waals surface area (Å²) in [6.07, 6.45) is 7.34. The lowest BCUT2D eigenvalue weighted by Crippen LogP contribution is -2.22. The number of fused-ring (bicyclic) bond motifs is 1. The molecule has 0 unspecified atom stereocenters. The van der Waals surface area contributed by atoms with E-state index in [9.17, 15) is 4.79 Å². The minimum atomic E-state index is -0.0398. The van der Waals surface area contributed by atoms with E-state index in [-0.39, 0.29) is 5.91 Å². The van der Waals surface area contributed by atoms with Crippen molar-refractivity contribution in [2.45, 2.75) is 38.3 Å². The standard InChI is InChI=1S/C16H21ClN4OS/c1-5-7-8-21-10-19-13-11(17)9-18-15(14(13)21)23-12(6-2)16(22)20(3)4/h6,9-10H,5,7-8H2,1-4H3. The minimum absolute atomic E-state index is 0.0398. The van der Waals surface area contributed by atoms with Crippen LogP contribution in [-0.4, -0.2) is 39.4 Å². The van der Waals surface area contributed by atoms with Crippen molar-refractivity contribution >= 4 is 40.3 Å². The normalized spacial score (nSPS) is 12.0. The third-order valence-corrected chi connectivity index (χ3v) is 4.80. The van der Waals surface area contributed by atoms with E-state index >= 15 is 0 Å². The van der Waals surface area contributed by atoms with Crippen molar-refractivity contribution < 1.29 is 4.79 Å². The lowest BCUT2D eigenvalue weighted by Gasteiger charge is -2.13. The highest BCUT2D eigenvalue weighted by atomic mass is 35.5. The van der Waals surface area contributed by atoms with Gasteiger partial charge in [0.15, 0.2) is 0 Å². The Bertz CT molecular complexity index is 739. The molecule has 0 N–H and O–H groups in total. The molecule has 0 aliphatic rings. The molecule has 0 atom stereocenters. The summed E-state index contributed by atoms with van der Waals surface area (Å²) < 4.78 is 2.06. The van der Waals surface area contributed by atoms with Gasteiger partial charge in [-0.15, -0.1) is 0 Å². The maximum atomic E-state index is 12.2. The first kappa shape index (κ1) is 17.8. The third kappa shape index (κ3) is 3.87. The molecule has 1 amide bonds. The van der Waals surface area contributed by atoms with Gasteiger partial charge in [0.05, 0.1) is 16.3 Å². The fourth-order valence-electron chi connectivity index (χ4n) is 2.14. The lowest BCUT2D eigenvalue weighted by molar-refractivity contribution is -0.123. The topological polar surface area (TPSA) is 51.0 Å². The molecule has 2 rings (SSSR count). The Morgan fingerprint density at radius 1 is 1.43 bits per heavy atom. The van der Waals surface area contributed by atoms with Crippen LogP contribution in [0.3, 0.4) is 0 Å². The van der Waals surface area contributed by atoms with Crippen LogP contribution in [0.4, 0.5) is 0 Å². The summed E-state index contributed by atoms with van der Waals surface area (Å²) >= 11 is 7.58. The highest BCUT2D eigenvalue weighted by Gasteiger charge is 2.18. The number of nitrogens with zero attached hydrogens (tertiary/aromatic N) is 4. The van der Waals surface area contributed by atoms with Gasteiger partial charge in [0, 0.05) is 26.8 Å². The molecule has 2 aromatic rings. The molecule has 0 saturated heterocycles. The summed E-state index contributed by atoms with van der Waals surface area (Å²) in [5, 5.41) is 1.28. The highest BCUT2D eigenvalue weighted by Crippen LogP contribution is 2.34. The number of halogens is 1. The summed E-state index contributed by atoms with van der Waals surface area (Å²) in [5.41, 5.74) is 1.62. The van der Waals surface area contributed by atoms with Gasteiger partial charge in [-0.3, -0.25) is 4.79 Å². The monoisotopic (exact) mass is 352 g/mol. The zero-order chi connectivity index (χ0) is 17.0. The Morgan fingerprint density at radius 2 is 2.17 bits per heavy atom. The van der Waals surface area contributed by atoms with Crippen molar-refractivity contribution in [3.8, 4) is 0 Å². The predicted octanol–water partition coefficient (Wildman–Crippen LogP) is 3.97. The first-order valence-corrected chi connectivity index (χ1v) is 8.74. The molecule has 23 heavy (non-hydrogen) atoms. The Balaban J connectivity index is 2.45. The van der Waals surface area contributed by atoms with Crippen LogP contribution >= 0.6 is 23.4 Å². The van der Waals surface area contributed by atoms with Gasteiger partial charge in [-0.1, -0.05) is 42.8 Å². The van der Waals surface area contributed by atoms with Gasteiger partial charge < -0.3 is 9.47 Å². The number of hydrogen-bond acceptors (Lipinski definition) is 4. The van der Waals surface area contributed by atoms with Crippen LogP contribution in [-0.2, 0) is 11.3 Å². The van der Waals surface area contributed by atoms with Gasteiger partial charge in [0.2, 0.25) is 0 Å². The number of imidazole rings is 1. The maximum absolute atomic E-state index is 12.2. The average molecular weight is 353 g/mol. The summed E-state index contributed by atoms with van der Waals surface area (Å²) in [5.74, 6) is -0.0398. The van der Waals surface area contributed by atoms with Crippen molar-refractivity contribution in [2.75, 3.05) is 14.1 Å². The van der Waals surface area contributed by atoms with Gasteiger partial charge in [-0.05, 0) is 13.3 Å². The summed E-state index contributed by atoms with van der Waals surface area (Å²) in [6.45, 7) is 4.86. The van der Waals surface area contributed by atoms with Crippen LogP contribution in [0.5, 0.6) is 0 Å². The molecule has 0 bridgehead atoms. The first-order valence-electron chi connectivity index (χ1n) is 7.54. The van der Waals surface area contributed by atoms with Crippen LogP contribution < -0.4 is 0 Å². The quantitative estimate of drug-likeness (QED) is 0.583. The Kier molecular flexibility index (Phi) is 6.07. The highest BCUT2D eigenvalue weighted by molar-refractivity contribution is 8.04. The second-order valence-corrected chi connectivity index (χ2v) is 6.79. The molecular weight excluding hydrogens is 332 g/mol. The van der Waals surface area contributed by atoms with E-state index < -0.39 is 0 Å². The molecule has 7 heteroatoms. The minimum Gasteiger partial charge on any atom is -0.344 e. The number of likely N-dealkylation sites (N-methyl/N-ethyl adjacent to an activating group) is 1. The van der Waals surface area contributed by atoms with E-state index in [1.54, 1.807) is 31.5 Å². The second-order valence-electron chi connectivity index (χ2n) is 5.35. The van der Waals surface area contributed by atoms with Crippen molar-refractivity contribution in [1.82, 2.24) is 19.4 Å². The van der Waals surface area contributed by atoms with E-state index in [1.807, 2.05) is 13.0 Å². The molecule has 0 aliphatic carbocycles. The molecule has 0 aromatic carbocycles. The molecular formula is C16H21ClN4OS. The molecule has 0 aliphatic heterocycles. The molecule has 2 aromatic heterocycles. The number of aromatic nitrogens is 3. The number of pyridine rings is 1. The number of thioether (sulfide) groups is 1. The second kappa shape index (κ2) is 7.84. The number of aryl methyl sites for hydroxylation is 1. The zero-order valence-electron chi connectivity index (χ0n) is 13.8. The number of unbranched alkanes of at least 4 members (excludes halogenated alkanes) is 1. The van der Waals surface area contributed by atoms with Crippen LogP contribution in [0, 0.1) is 0 Å². The number of rotatable bonds is 6. The maximum Gasteiger partial charge on any atom is 0.259 e. The van der Waals surface area contributed by atoms with Gasteiger partial charge in [0.25, 0.3) is 5.91 Å². The largest absolute Gasteiger partial charge is 0.344 e. The van der Waals surface area contributed by atoms with E-state index in [2.05, 4.69) is 21.5 Å². The SMILES string of the molecule is CC=C(Sc1ncc(Cl)c2ncn(CCCC)c12)C(=O)N(C)C. The Labute approximate surface area is 145 Å². The summed E-state index contributed by atoms with van der Waals surface area (Å²) in [4.78, 5) is 23.3. The van der Waals surface area contributed by atoms with E-state index in [1.165, 1.54) is 11.8 Å². The Hall–Kier alpha value is -1.53. The zero-order valence-corrected chi connectivity index (χ0v) is 15.4. The lowest BCUT2D eigenvalue weighted by atomic mass is 10.3. The van der Waals surface area contributed by atoms with E-state index in [4.69, 9.17) is 11.6 Å². The average Bonchev–Trinajstić information content (AvgIpc) is 2.96. The predicted molar refractivity (Wildman–Crippen MR) is 95.8 cm³/mol. The molecule has 0 spiro atoms. The molecule has 5 nitrogen and oxygen atoms in total. The number of carbonyl (C=O) groups excluding carboxylic acids is 1. The molecule has 0 saturated carbocycles. The number of amides is 1. The fraction of sp³-hybridized carbons (Fsp3) is 0.438. The van der Waals surface area contributed by atoms with Crippen LogP contribution in [0.25, 0.3) is 11.0 Å². The van der Waals surface area contributed by atoms with Crippen LogP contribution in [0.2, 0.25) is 5.02 Å². The van der Waals surface area contributed by atoms with E-state index in [0.717, 1.165) is 35.4 Å². The van der Waals surface area contributed by atoms with E-state index in [0.29, 0.717) is 9.93 Å². The smallest absolute Gasteiger partial charge is 0.259 e. The first-order chi connectivity index (χ1) is 11.0. The van der Waals surface area contributed by atoms with Gasteiger partial charge in [-0.25, -0.2) is 9.97 Å². The van der Waals surface area contributed by atoms with Crippen LogP contribution in [0.1, 0.15) is 26.7 Å². The van der Waals surface area contributed by atoms with Gasteiger partial charge >= 0.3 is 0 Å². The Morgan fingerprint density at radius 3 is 2.78 bits per heavy atom. The molecule has 124 valence electrons. The summed E-state index contributed by atoms with van der Waals surface area (Å²) in [6, 6.07) is 0. The molecule has 0 radical (unpaired) electrons. The van der Waals surface area contributed by atoms with Crippen LogP contribution in [0.15, 0.2) is 28.5 Å². The van der Waals surface area contributed by atoms with Crippen molar-refractivity contribution in [2.24, 2.45) is 0 Å². The number of allylic oxidation sites excluding steroid dienone is 1. The number of hydrogen-bond donors (Lipinski definition) is 0. The van der Waals surface area contributed by atoms with Crippen molar-refractivity contribution in [3.63, 3.8) is 0 Å². The fourth-order valence-corrected chi connectivity index (χ4v) is 3.34.